The van der Waals surface area contributed by atoms with E-state index >= 15 is 0 Å². The van der Waals surface area contributed by atoms with Crippen LogP contribution in [0.15, 0.2) is 28.0 Å². The summed E-state index contributed by atoms with van der Waals surface area (Å²) in [6.07, 6.45) is 1.48. The van der Waals surface area contributed by atoms with Gasteiger partial charge in [0.2, 0.25) is 5.88 Å². The van der Waals surface area contributed by atoms with E-state index in [1.54, 1.807) is 26.0 Å². The highest BCUT2D eigenvalue weighted by Gasteiger charge is 2.22. The molecule has 7 heteroatoms. The molecule has 118 valence electrons. The lowest BCUT2D eigenvalue weighted by atomic mass is 10.1. The summed E-state index contributed by atoms with van der Waals surface area (Å²) in [5.74, 6) is -0.194. The van der Waals surface area contributed by atoms with Crippen LogP contribution < -0.4 is 9.87 Å². The number of hydrogen-bond donors (Lipinski definition) is 0. The van der Waals surface area contributed by atoms with Crippen molar-refractivity contribution in [3.63, 3.8) is 0 Å². The number of hydrogen-bond acceptors (Lipinski definition) is 5. The van der Waals surface area contributed by atoms with Gasteiger partial charge in [-0.25, -0.2) is 4.79 Å². The van der Waals surface area contributed by atoms with Crippen molar-refractivity contribution in [2.45, 2.75) is 32.6 Å². The van der Waals surface area contributed by atoms with E-state index in [0.717, 1.165) is 11.1 Å². The van der Waals surface area contributed by atoms with Crippen molar-refractivity contribution < 1.29 is 12.6 Å². The lowest BCUT2D eigenvalue weighted by molar-refractivity contribution is 0.468. The van der Waals surface area contributed by atoms with Gasteiger partial charge in [0.25, 0.3) is 0 Å². The second kappa shape index (κ2) is 5.57. The highest BCUT2D eigenvalue weighted by atomic mass is 32.2. The first-order valence-corrected chi connectivity index (χ1v) is 8.09. The molecule has 0 aliphatic carbocycles. The summed E-state index contributed by atoms with van der Waals surface area (Å²) in [7, 11) is -2.51. The molecule has 0 atom stereocenters. The van der Waals surface area contributed by atoms with Gasteiger partial charge in [0, 0.05) is 18.8 Å². The molecule has 0 fully saturated rings. The van der Waals surface area contributed by atoms with Crippen LogP contribution in [0.5, 0.6) is 5.88 Å². The van der Waals surface area contributed by atoms with Crippen LogP contribution in [0.4, 0.5) is 0 Å². The summed E-state index contributed by atoms with van der Waals surface area (Å²) in [5.41, 5.74) is 2.32. The lowest BCUT2D eigenvalue weighted by Gasteiger charge is -2.12. The van der Waals surface area contributed by atoms with Crippen molar-refractivity contribution in [1.82, 2.24) is 9.55 Å². The van der Waals surface area contributed by atoms with Gasteiger partial charge in [-0.05, 0) is 50.5 Å². The van der Waals surface area contributed by atoms with Gasteiger partial charge in [0.1, 0.15) is 4.90 Å². The van der Waals surface area contributed by atoms with Gasteiger partial charge in [-0.3, -0.25) is 0 Å². The molecule has 0 radical (unpaired) electrons. The predicted octanol–water partition coefficient (Wildman–Crippen LogP) is 1.78. The maximum atomic E-state index is 12.5. The van der Waals surface area contributed by atoms with Crippen LogP contribution >= 0.6 is 0 Å². The number of aromatic nitrogens is 2. The minimum absolute atomic E-state index is 0.0810. The second-order valence-electron chi connectivity index (χ2n) is 5.36. The molecule has 0 aliphatic heterocycles. The summed E-state index contributed by atoms with van der Waals surface area (Å²) < 4.78 is 31.3. The van der Waals surface area contributed by atoms with Gasteiger partial charge < -0.3 is 8.75 Å². The third-order valence-corrected chi connectivity index (χ3v) is 4.83. The van der Waals surface area contributed by atoms with Crippen molar-refractivity contribution in [2.24, 2.45) is 7.05 Å². The van der Waals surface area contributed by atoms with E-state index in [2.05, 4.69) is 4.98 Å². The Morgan fingerprint density at radius 3 is 2.23 bits per heavy atom. The zero-order valence-electron chi connectivity index (χ0n) is 13.2. The van der Waals surface area contributed by atoms with E-state index < -0.39 is 15.8 Å². The number of rotatable bonds is 3. The largest absolute Gasteiger partial charge is 0.358 e. The van der Waals surface area contributed by atoms with E-state index in [4.69, 9.17) is 4.18 Å². The molecule has 0 aliphatic rings. The van der Waals surface area contributed by atoms with Crippen molar-refractivity contribution in [2.75, 3.05) is 0 Å². The van der Waals surface area contributed by atoms with Crippen LogP contribution in [0.2, 0.25) is 0 Å². The number of nitrogens with zero attached hydrogens (tertiary/aromatic N) is 2. The molecular formula is C15H18N2O4S. The Morgan fingerprint density at radius 2 is 1.59 bits per heavy atom. The highest BCUT2D eigenvalue weighted by molar-refractivity contribution is 7.87. The van der Waals surface area contributed by atoms with Gasteiger partial charge in [-0.2, -0.15) is 13.4 Å². The molecule has 0 saturated heterocycles. The van der Waals surface area contributed by atoms with Crippen molar-refractivity contribution in [3.05, 3.63) is 51.1 Å². The molecule has 1 aromatic heterocycles. The summed E-state index contributed by atoms with van der Waals surface area (Å²) in [6, 6.07) is 3.35. The molecule has 1 aromatic carbocycles. The Balaban J connectivity index is 2.51. The Labute approximate surface area is 129 Å². The predicted molar refractivity (Wildman–Crippen MR) is 82.7 cm³/mol. The third-order valence-electron chi connectivity index (χ3n) is 3.47. The topological polar surface area (TPSA) is 78.3 Å². The molecule has 0 bridgehead atoms. The Morgan fingerprint density at radius 1 is 1.00 bits per heavy atom. The maximum absolute atomic E-state index is 12.5. The number of aryl methyl sites for hydroxylation is 5. The van der Waals surface area contributed by atoms with E-state index in [1.807, 2.05) is 13.8 Å². The van der Waals surface area contributed by atoms with Crippen molar-refractivity contribution in [1.29, 1.82) is 0 Å². The average molecular weight is 322 g/mol. The van der Waals surface area contributed by atoms with Gasteiger partial charge in [0.15, 0.2) is 0 Å². The van der Waals surface area contributed by atoms with E-state index in [-0.39, 0.29) is 10.8 Å². The monoisotopic (exact) mass is 322 g/mol. The molecule has 2 aromatic rings. The summed E-state index contributed by atoms with van der Waals surface area (Å²) in [4.78, 5) is 15.3. The smallest absolute Gasteiger partial charge is 0.350 e. The first-order chi connectivity index (χ1) is 10.1. The zero-order valence-corrected chi connectivity index (χ0v) is 14.0. The standard InChI is InChI=1S/C15H18N2O4S/c1-9-6-11(3)13(7-10(9)2)22(19,20)21-14-12(4)8-17(5)15(18)16-14/h6-8H,1-5H3. The van der Waals surface area contributed by atoms with Gasteiger partial charge in [0.05, 0.1) is 0 Å². The van der Waals surface area contributed by atoms with Crippen LogP contribution in [0, 0.1) is 27.7 Å². The molecule has 0 spiro atoms. The SMILES string of the molecule is Cc1cc(C)c(S(=O)(=O)Oc2nc(=O)n(C)cc2C)cc1C. The van der Waals surface area contributed by atoms with Gasteiger partial charge in [-0.15, -0.1) is 0 Å². The fourth-order valence-electron chi connectivity index (χ4n) is 2.09. The molecule has 0 unspecified atom stereocenters. The molecule has 6 nitrogen and oxygen atoms in total. The Bertz CT molecular complexity index is 898. The maximum Gasteiger partial charge on any atom is 0.350 e. The Kier molecular flexibility index (Phi) is 4.10. The molecule has 0 amide bonds. The number of benzene rings is 1. The van der Waals surface area contributed by atoms with Gasteiger partial charge >= 0.3 is 15.8 Å². The molecular weight excluding hydrogens is 304 g/mol. The second-order valence-corrected chi connectivity index (χ2v) is 6.88. The molecule has 22 heavy (non-hydrogen) atoms. The molecule has 2 rings (SSSR count). The van der Waals surface area contributed by atoms with Crippen LogP contribution in [-0.4, -0.2) is 18.0 Å². The van der Waals surface area contributed by atoms with Crippen LogP contribution in [0.1, 0.15) is 22.3 Å². The molecule has 1 heterocycles. The van der Waals surface area contributed by atoms with E-state index in [9.17, 15) is 13.2 Å². The quantitative estimate of drug-likeness (QED) is 0.805. The van der Waals surface area contributed by atoms with Crippen molar-refractivity contribution in [3.8, 4) is 5.88 Å². The third kappa shape index (κ3) is 3.04. The summed E-state index contributed by atoms with van der Waals surface area (Å²) in [6.45, 7) is 7.07. The normalized spacial score (nSPS) is 11.5. The lowest BCUT2D eigenvalue weighted by Crippen LogP contribution is -2.22. The fraction of sp³-hybridized carbons (Fsp3) is 0.333. The van der Waals surface area contributed by atoms with Gasteiger partial charge in [-0.1, -0.05) is 6.07 Å². The van der Waals surface area contributed by atoms with E-state index in [0.29, 0.717) is 11.1 Å². The zero-order chi connectivity index (χ0) is 16.7. The first-order valence-electron chi connectivity index (χ1n) is 6.68. The van der Waals surface area contributed by atoms with Crippen LogP contribution in [-0.2, 0) is 17.2 Å². The minimum Gasteiger partial charge on any atom is -0.358 e. The Hall–Kier alpha value is -2.15. The molecule has 0 N–H and O–H groups in total. The van der Waals surface area contributed by atoms with Crippen LogP contribution in [0.3, 0.4) is 0 Å². The van der Waals surface area contributed by atoms with Crippen LogP contribution in [0.25, 0.3) is 0 Å². The summed E-state index contributed by atoms with van der Waals surface area (Å²) >= 11 is 0. The minimum atomic E-state index is -4.05. The molecule has 0 saturated carbocycles. The fourth-order valence-corrected chi connectivity index (χ4v) is 3.33. The van der Waals surface area contributed by atoms with E-state index in [1.165, 1.54) is 17.8 Å². The highest BCUT2D eigenvalue weighted by Crippen LogP contribution is 2.24. The first kappa shape index (κ1) is 16.2. The van der Waals surface area contributed by atoms with Crippen molar-refractivity contribution >= 4 is 10.1 Å². The average Bonchev–Trinajstić information content (AvgIpc) is 2.39. The summed E-state index contributed by atoms with van der Waals surface area (Å²) in [5, 5.41) is 0.